The lowest BCUT2D eigenvalue weighted by Gasteiger charge is -2.07. The first kappa shape index (κ1) is 15.8. The van der Waals surface area contributed by atoms with Crippen LogP contribution in [0.1, 0.15) is 0 Å². The Hall–Kier alpha value is -3.75. The highest BCUT2D eigenvalue weighted by Crippen LogP contribution is 2.20. The molecule has 0 amide bonds. The van der Waals surface area contributed by atoms with Crippen molar-refractivity contribution in [1.82, 2.24) is 0 Å². The van der Waals surface area contributed by atoms with Gasteiger partial charge in [-0.1, -0.05) is 6.08 Å². The minimum Gasteiger partial charge on any atom is -0.287 e. The fraction of sp³-hybridized carbons (Fsp3) is 0.118. The molecule has 0 bridgehead atoms. The van der Waals surface area contributed by atoms with Crippen molar-refractivity contribution in [3.05, 3.63) is 47.6 Å². The van der Waals surface area contributed by atoms with Gasteiger partial charge in [0, 0.05) is 0 Å². The number of hydrogen-bond donors (Lipinski definition) is 4. The molecule has 2 aliphatic carbocycles. The van der Waals surface area contributed by atoms with E-state index in [0.29, 0.717) is 22.6 Å². The molecule has 4 rings (SSSR count). The number of rotatable bonds is 4. The lowest BCUT2D eigenvalue weighted by Crippen LogP contribution is -2.47. The summed E-state index contributed by atoms with van der Waals surface area (Å²) in [7, 11) is 0. The number of ketones is 1. The second-order valence-corrected chi connectivity index (χ2v) is 6.02. The minimum atomic E-state index is -0.435. The molecule has 9 heteroatoms. The summed E-state index contributed by atoms with van der Waals surface area (Å²) in [5.74, 6) is 0.0551. The highest BCUT2D eigenvalue weighted by Gasteiger charge is 2.32. The average Bonchev–Trinajstić information content (AvgIpc) is 3.23. The van der Waals surface area contributed by atoms with E-state index in [1.54, 1.807) is 36.5 Å². The molecule has 2 unspecified atom stereocenters. The summed E-state index contributed by atoms with van der Waals surface area (Å²) in [5, 5.41) is 11.2. The lowest BCUT2D eigenvalue weighted by molar-refractivity contribution is -0.115. The van der Waals surface area contributed by atoms with Crippen molar-refractivity contribution in [2.24, 2.45) is 31.4 Å². The maximum atomic E-state index is 12.7. The van der Waals surface area contributed by atoms with Crippen molar-refractivity contribution >= 4 is 40.5 Å². The van der Waals surface area contributed by atoms with Gasteiger partial charge in [0.2, 0.25) is 11.7 Å². The van der Waals surface area contributed by atoms with Gasteiger partial charge >= 0.3 is 0 Å². The average molecular weight is 348 g/mol. The lowest BCUT2D eigenvalue weighted by atomic mass is 10.0. The van der Waals surface area contributed by atoms with E-state index in [2.05, 4.69) is 20.0 Å². The van der Waals surface area contributed by atoms with Crippen LogP contribution in [0.2, 0.25) is 0 Å². The zero-order valence-corrected chi connectivity index (χ0v) is 13.6. The molecule has 128 valence electrons. The maximum Gasteiger partial charge on any atom is 0.270 e. The van der Waals surface area contributed by atoms with Gasteiger partial charge in [-0.05, 0) is 30.4 Å². The highest BCUT2D eigenvalue weighted by molar-refractivity contribution is 6.68. The molecule has 0 aromatic rings. The minimum absolute atomic E-state index is 0.0579. The molecule has 0 radical (unpaired) electrons. The number of fused-ring (bicyclic) bond motifs is 2. The van der Waals surface area contributed by atoms with Crippen LogP contribution in [-0.4, -0.2) is 52.6 Å². The smallest absolute Gasteiger partial charge is 0.270 e. The zero-order chi connectivity index (χ0) is 18.4. The zero-order valence-electron chi connectivity index (χ0n) is 13.6. The van der Waals surface area contributed by atoms with Crippen molar-refractivity contribution in [2.45, 2.75) is 12.1 Å². The molecule has 8 N–H and O–H groups in total. The van der Waals surface area contributed by atoms with Crippen LogP contribution in [0.15, 0.2) is 67.6 Å². The van der Waals surface area contributed by atoms with E-state index in [-0.39, 0.29) is 35.4 Å². The van der Waals surface area contributed by atoms with Gasteiger partial charge in [0.05, 0.1) is 22.6 Å². The molecule has 26 heavy (non-hydrogen) atoms. The number of hydrogen-bond acceptors (Lipinski definition) is 5. The molecule has 0 aromatic carbocycles. The SMILES string of the molecule is NC(=[NH2+])C1=CC2=NC(C(=O)C3=NC4C=C(C(N)=[NH2+])C=CC4=N3)=NC2C=C1. The summed E-state index contributed by atoms with van der Waals surface area (Å²) in [6.07, 6.45) is 10.5. The molecule has 2 atom stereocenters. The molecular formula is C17H16N8O+2. The molecule has 2 heterocycles. The standard InChI is InChI=1S/C17H14N8O/c18-14(19)7-1-3-9-11(5-7)24-16(22-9)13(26)17-23-10-4-2-8(15(20)21)6-12(10)25-17/h1-6,9,12H,(H3,18,19)(H3,20,21)/p+2. The third kappa shape index (κ3) is 2.55. The van der Waals surface area contributed by atoms with Crippen LogP contribution >= 0.6 is 0 Å². The predicted molar refractivity (Wildman–Crippen MR) is 99.0 cm³/mol. The Morgan fingerprint density at radius 3 is 2.23 bits per heavy atom. The maximum absolute atomic E-state index is 12.7. The number of carbonyl (C=O) groups excluding carboxylic acids is 1. The van der Waals surface area contributed by atoms with E-state index in [0.717, 1.165) is 0 Å². The Morgan fingerprint density at radius 1 is 0.885 bits per heavy atom. The Labute approximate surface area is 148 Å². The van der Waals surface area contributed by atoms with E-state index in [4.69, 9.17) is 22.3 Å². The van der Waals surface area contributed by atoms with Crippen molar-refractivity contribution < 1.29 is 15.6 Å². The van der Waals surface area contributed by atoms with E-state index < -0.39 is 5.78 Å². The largest absolute Gasteiger partial charge is 0.287 e. The van der Waals surface area contributed by atoms with Gasteiger partial charge in [-0.25, -0.2) is 20.0 Å². The first-order valence-electron chi connectivity index (χ1n) is 7.86. The van der Waals surface area contributed by atoms with Gasteiger partial charge < -0.3 is 0 Å². The van der Waals surface area contributed by atoms with E-state index >= 15 is 0 Å². The molecule has 0 spiro atoms. The summed E-state index contributed by atoms with van der Waals surface area (Å²) < 4.78 is 0. The quantitative estimate of drug-likeness (QED) is 0.302. The number of carbonyl (C=O) groups is 1. The van der Waals surface area contributed by atoms with Crippen LogP contribution in [-0.2, 0) is 4.79 Å². The number of amidine groups is 4. The van der Waals surface area contributed by atoms with Crippen LogP contribution in [0, 0.1) is 0 Å². The van der Waals surface area contributed by atoms with Gasteiger partial charge in [0.25, 0.3) is 17.5 Å². The molecule has 0 fully saturated rings. The topological polar surface area (TPSA) is 170 Å². The Balaban J connectivity index is 1.59. The van der Waals surface area contributed by atoms with Crippen LogP contribution in [0.3, 0.4) is 0 Å². The number of Topliss-reactive ketones (excluding diaryl/α,β-unsaturated/α-hetero) is 1. The monoisotopic (exact) mass is 348 g/mol. The third-order valence-electron chi connectivity index (χ3n) is 4.20. The van der Waals surface area contributed by atoms with E-state index in [9.17, 15) is 4.79 Å². The van der Waals surface area contributed by atoms with Crippen molar-refractivity contribution in [3.8, 4) is 0 Å². The second-order valence-electron chi connectivity index (χ2n) is 6.02. The first-order chi connectivity index (χ1) is 12.4. The summed E-state index contributed by atoms with van der Waals surface area (Å²) in [5.41, 5.74) is 13.7. The summed E-state index contributed by atoms with van der Waals surface area (Å²) >= 11 is 0. The molecule has 0 saturated carbocycles. The van der Waals surface area contributed by atoms with Gasteiger partial charge in [-0.3, -0.25) is 27.1 Å². The Bertz CT molecular complexity index is 1010. The van der Waals surface area contributed by atoms with Crippen LogP contribution in [0.25, 0.3) is 0 Å². The van der Waals surface area contributed by atoms with Crippen molar-refractivity contribution in [2.75, 3.05) is 0 Å². The fourth-order valence-electron chi connectivity index (χ4n) is 2.84. The number of nitrogens with zero attached hydrogens (tertiary/aromatic N) is 4. The summed E-state index contributed by atoms with van der Waals surface area (Å²) in [6, 6.07) is -0.710. The number of nitrogens with two attached hydrogens (primary N) is 4. The summed E-state index contributed by atoms with van der Waals surface area (Å²) in [4.78, 5) is 29.9. The van der Waals surface area contributed by atoms with E-state index in [1.165, 1.54) is 0 Å². The molecule has 2 aliphatic heterocycles. The predicted octanol–water partition coefficient (Wildman–Crippen LogP) is -3.78. The molecular weight excluding hydrogens is 332 g/mol. The van der Waals surface area contributed by atoms with E-state index in [1.807, 2.05) is 0 Å². The Morgan fingerprint density at radius 2 is 1.54 bits per heavy atom. The van der Waals surface area contributed by atoms with Gasteiger partial charge in [0.1, 0.15) is 12.1 Å². The van der Waals surface area contributed by atoms with Gasteiger partial charge in [-0.2, -0.15) is 0 Å². The van der Waals surface area contributed by atoms with Gasteiger partial charge in [-0.15, -0.1) is 0 Å². The van der Waals surface area contributed by atoms with Crippen LogP contribution in [0.4, 0.5) is 0 Å². The molecule has 4 aliphatic rings. The summed E-state index contributed by atoms with van der Waals surface area (Å²) in [6.45, 7) is 0. The van der Waals surface area contributed by atoms with Crippen molar-refractivity contribution in [1.29, 1.82) is 0 Å². The highest BCUT2D eigenvalue weighted by atomic mass is 16.1. The number of aliphatic imine (C=N–C) groups is 4. The second kappa shape index (κ2) is 5.66. The van der Waals surface area contributed by atoms with Crippen LogP contribution < -0.4 is 22.3 Å². The molecule has 0 aromatic heterocycles. The third-order valence-corrected chi connectivity index (χ3v) is 4.20. The van der Waals surface area contributed by atoms with Crippen molar-refractivity contribution in [3.63, 3.8) is 0 Å². The normalized spacial score (nSPS) is 25.2. The van der Waals surface area contributed by atoms with Gasteiger partial charge in [0.15, 0.2) is 0 Å². The van der Waals surface area contributed by atoms with Crippen LogP contribution in [0.5, 0.6) is 0 Å². The Kier molecular flexibility index (Phi) is 3.43. The first-order valence-corrected chi connectivity index (χ1v) is 7.86. The molecule has 0 saturated heterocycles. The fourth-order valence-corrected chi connectivity index (χ4v) is 2.84. The molecule has 9 nitrogen and oxygen atoms in total.